The number of hydrogen-bond donors (Lipinski definition) is 1. The van der Waals surface area contributed by atoms with Crippen molar-refractivity contribution < 1.29 is 18.8 Å². The number of urea groups is 1. The summed E-state index contributed by atoms with van der Waals surface area (Å²) in [5.41, 5.74) is -0.264. The fourth-order valence-corrected chi connectivity index (χ4v) is 3.47. The van der Waals surface area contributed by atoms with Crippen molar-refractivity contribution in [2.24, 2.45) is 0 Å². The molecular weight excluding hydrogens is 459 g/mol. The molecule has 1 saturated heterocycles. The number of nitrogens with zero attached hydrogens (tertiary/aromatic N) is 1. The standard InChI is InChI=1S/C20H15IN2O4/c1-20(17-10-13-4-2-3-5-16(13)27-17)18(25)23(19(26)22-20)11-15(24)12-6-8-14(21)9-7-12/h2-10H,11H2,1H3,(H,22,26). The highest BCUT2D eigenvalue weighted by molar-refractivity contribution is 14.1. The molecule has 2 heterocycles. The summed E-state index contributed by atoms with van der Waals surface area (Å²) in [5, 5.41) is 3.50. The molecule has 0 saturated carbocycles. The van der Waals surface area contributed by atoms with Crippen LogP contribution < -0.4 is 5.32 Å². The summed E-state index contributed by atoms with van der Waals surface area (Å²) in [5.74, 6) is -0.472. The van der Waals surface area contributed by atoms with Crippen LogP contribution >= 0.6 is 22.6 Å². The summed E-state index contributed by atoms with van der Waals surface area (Å²) >= 11 is 2.14. The molecule has 2 aromatic carbocycles. The maximum absolute atomic E-state index is 13.0. The number of nitrogens with one attached hydrogen (secondary N) is 1. The smallest absolute Gasteiger partial charge is 0.325 e. The lowest BCUT2D eigenvalue weighted by Gasteiger charge is -2.18. The number of hydrogen-bond acceptors (Lipinski definition) is 4. The highest BCUT2D eigenvalue weighted by Gasteiger charge is 2.51. The van der Waals surface area contributed by atoms with Crippen molar-refractivity contribution in [3.8, 4) is 0 Å². The zero-order valence-electron chi connectivity index (χ0n) is 14.4. The van der Waals surface area contributed by atoms with E-state index in [1.165, 1.54) is 0 Å². The van der Waals surface area contributed by atoms with Gasteiger partial charge in [0.15, 0.2) is 11.3 Å². The molecule has 3 aromatic rings. The molecule has 1 aliphatic rings. The Balaban J connectivity index is 1.61. The first kappa shape index (κ1) is 17.7. The quantitative estimate of drug-likeness (QED) is 0.356. The minimum atomic E-state index is -1.34. The fourth-order valence-electron chi connectivity index (χ4n) is 3.11. The molecule has 1 N–H and O–H groups in total. The highest BCUT2D eigenvalue weighted by atomic mass is 127. The van der Waals surface area contributed by atoms with Crippen molar-refractivity contribution in [1.82, 2.24) is 10.2 Å². The van der Waals surface area contributed by atoms with E-state index in [9.17, 15) is 14.4 Å². The molecule has 0 aliphatic carbocycles. The van der Waals surface area contributed by atoms with Crippen LogP contribution in [0.1, 0.15) is 23.0 Å². The molecular formula is C20H15IN2O4. The van der Waals surface area contributed by atoms with E-state index in [0.717, 1.165) is 13.9 Å². The summed E-state index contributed by atoms with van der Waals surface area (Å²) < 4.78 is 6.77. The Labute approximate surface area is 168 Å². The molecule has 1 unspecified atom stereocenters. The molecule has 3 amide bonds. The van der Waals surface area contributed by atoms with Crippen molar-refractivity contribution >= 4 is 51.3 Å². The SMILES string of the molecule is CC1(c2cc3ccccc3o2)NC(=O)N(CC(=O)c2ccc(I)cc2)C1=O. The van der Waals surface area contributed by atoms with Crippen LogP contribution in [-0.2, 0) is 10.3 Å². The third-order valence-corrected chi connectivity index (χ3v) is 5.38. The highest BCUT2D eigenvalue weighted by Crippen LogP contribution is 2.33. The van der Waals surface area contributed by atoms with Crippen LogP contribution in [0.25, 0.3) is 11.0 Å². The molecule has 1 aliphatic heterocycles. The van der Waals surface area contributed by atoms with Crippen LogP contribution in [0.5, 0.6) is 0 Å². The van der Waals surface area contributed by atoms with Gasteiger partial charge < -0.3 is 9.73 Å². The van der Waals surface area contributed by atoms with Gasteiger partial charge in [-0.3, -0.25) is 14.5 Å². The lowest BCUT2D eigenvalue weighted by atomic mass is 9.98. The van der Waals surface area contributed by atoms with Crippen molar-refractivity contribution in [1.29, 1.82) is 0 Å². The third kappa shape index (κ3) is 3.01. The first-order valence-corrected chi connectivity index (χ1v) is 9.38. The Morgan fingerprint density at radius 3 is 2.56 bits per heavy atom. The molecule has 0 spiro atoms. The zero-order chi connectivity index (χ0) is 19.2. The van der Waals surface area contributed by atoms with Gasteiger partial charge in [-0.1, -0.05) is 30.3 Å². The first-order valence-electron chi connectivity index (χ1n) is 8.30. The average Bonchev–Trinajstić information content (AvgIpc) is 3.18. The summed E-state index contributed by atoms with van der Waals surface area (Å²) in [6.45, 7) is 1.27. The second-order valence-electron chi connectivity index (χ2n) is 6.52. The molecule has 1 atom stereocenters. The molecule has 7 heteroatoms. The van der Waals surface area contributed by atoms with Crippen molar-refractivity contribution in [2.45, 2.75) is 12.5 Å². The third-order valence-electron chi connectivity index (χ3n) is 4.66. The average molecular weight is 474 g/mol. The van der Waals surface area contributed by atoms with Crippen LogP contribution in [-0.4, -0.2) is 29.2 Å². The lowest BCUT2D eigenvalue weighted by molar-refractivity contribution is -0.131. The van der Waals surface area contributed by atoms with E-state index in [4.69, 9.17) is 4.42 Å². The van der Waals surface area contributed by atoms with E-state index in [-0.39, 0.29) is 12.3 Å². The molecule has 136 valence electrons. The normalized spacial score (nSPS) is 19.6. The number of para-hydroxylation sites is 1. The fraction of sp³-hybridized carbons (Fsp3) is 0.150. The minimum absolute atomic E-state index is 0.302. The topological polar surface area (TPSA) is 79.6 Å². The molecule has 1 fully saturated rings. The van der Waals surface area contributed by atoms with Gasteiger partial charge in [0.2, 0.25) is 0 Å². The Hall–Kier alpha value is -2.68. The van der Waals surface area contributed by atoms with Crippen LogP contribution in [0.4, 0.5) is 4.79 Å². The number of fused-ring (bicyclic) bond motifs is 1. The van der Waals surface area contributed by atoms with Crippen molar-refractivity contribution in [3.05, 3.63) is 69.5 Å². The zero-order valence-corrected chi connectivity index (χ0v) is 16.5. The van der Waals surface area contributed by atoms with Gasteiger partial charge in [0.25, 0.3) is 5.91 Å². The predicted molar refractivity (Wildman–Crippen MR) is 107 cm³/mol. The van der Waals surface area contributed by atoms with E-state index < -0.39 is 17.5 Å². The molecule has 0 radical (unpaired) electrons. The number of ketones is 1. The van der Waals surface area contributed by atoms with Gasteiger partial charge in [0.05, 0.1) is 6.54 Å². The largest absolute Gasteiger partial charge is 0.458 e. The number of carbonyl (C=O) groups is 3. The number of furan rings is 1. The molecule has 4 rings (SSSR count). The summed E-state index contributed by atoms with van der Waals surface area (Å²) in [7, 11) is 0. The Morgan fingerprint density at radius 1 is 1.15 bits per heavy atom. The summed E-state index contributed by atoms with van der Waals surface area (Å²) in [6.07, 6.45) is 0. The predicted octanol–water partition coefficient (Wildman–Crippen LogP) is 3.69. The number of carbonyl (C=O) groups excluding carboxylic acids is 3. The maximum Gasteiger partial charge on any atom is 0.325 e. The number of amides is 3. The molecule has 0 bridgehead atoms. The molecule has 1 aromatic heterocycles. The van der Waals surface area contributed by atoms with Gasteiger partial charge in [-0.25, -0.2) is 4.79 Å². The van der Waals surface area contributed by atoms with Crippen molar-refractivity contribution in [2.75, 3.05) is 6.54 Å². The van der Waals surface area contributed by atoms with E-state index in [2.05, 4.69) is 27.9 Å². The van der Waals surface area contributed by atoms with E-state index >= 15 is 0 Å². The Kier molecular flexibility index (Phi) is 4.26. The second-order valence-corrected chi connectivity index (χ2v) is 7.77. The van der Waals surface area contributed by atoms with Crippen LogP contribution in [0.3, 0.4) is 0 Å². The first-order chi connectivity index (χ1) is 12.9. The van der Waals surface area contributed by atoms with Crippen LogP contribution in [0.2, 0.25) is 0 Å². The number of imide groups is 1. The van der Waals surface area contributed by atoms with E-state index in [0.29, 0.717) is 16.9 Å². The van der Waals surface area contributed by atoms with Gasteiger partial charge in [0.1, 0.15) is 11.3 Å². The van der Waals surface area contributed by atoms with E-state index in [1.807, 2.05) is 18.2 Å². The van der Waals surface area contributed by atoms with Gasteiger partial charge in [0, 0.05) is 14.5 Å². The second kappa shape index (κ2) is 6.49. The molecule has 27 heavy (non-hydrogen) atoms. The van der Waals surface area contributed by atoms with E-state index in [1.54, 1.807) is 43.3 Å². The minimum Gasteiger partial charge on any atom is -0.458 e. The summed E-state index contributed by atoms with van der Waals surface area (Å²) in [4.78, 5) is 38.8. The monoisotopic (exact) mass is 474 g/mol. The van der Waals surface area contributed by atoms with Gasteiger partial charge in [-0.15, -0.1) is 0 Å². The Bertz CT molecular complexity index is 1040. The van der Waals surface area contributed by atoms with Crippen LogP contribution in [0, 0.1) is 3.57 Å². The number of rotatable bonds is 4. The number of benzene rings is 2. The van der Waals surface area contributed by atoms with Crippen LogP contribution in [0.15, 0.2) is 59.0 Å². The van der Waals surface area contributed by atoms with Gasteiger partial charge in [-0.05, 0) is 53.8 Å². The Morgan fingerprint density at radius 2 is 1.85 bits per heavy atom. The molecule has 6 nitrogen and oxygen atoms in total. The lowest BCUT2D eigenvalue weighted by Crippen LogP contribution is -2.41. The number of Topliss-reactive ketones (excluding diaryl/α,β-unsaturated/α-hetero) is 1. The van der Waals surface area contributed by atoms with Gasteiger partial charge >= 0.3 is 6.03 Å². The number of halogens is 1. The van der Waals surface area contributed by atoms with Gasteiger partial charge in [-0.2, -0.15) is 0 Å². The summed E-state index contributed by atoms with van der Waals surface area (Å²) in [6, 6.07) is 15.5. The maximum atomic E-state index is 13.0. The van der Waals surface area contributed by atoms with Crippen molar-refractivity contribution in [3.63, 3.8) is 0 Å².